The lowest BCUT2D eigenvalue weighted by Gasteiger charge is -2.05. The van der Waals surface area contributed by atoms with Crippen LogP contribution in [-0.2, 0) is 11.3 Å². The molecular weight excluding hydrogens is 380 g/mol. The van der Waals surface area contributed by atoms with Crippen LogP contribution < -0.4 is 11.0 Å². The van der Waals surface area contributed by atoms with Crippen molar-refractivity contribution in [2.45, 2.75) is 6.54 Å². The third kappa shape index (κ3) is 3.71. The third-order valence-electron chi connectivity index (χ3n) is 3.88. The highest BCUT2D eigenvalue weighted by molar-refractivity contribution is 7.17. The van der Waals surface area contributed by atoms with Gasteiger partial charge in [0.15, 0.2) is 0 Å². The smallest absolute Gasteiger partial charge is 0.263 e. The van der Waals surface area contributed by atoms with E-state index in [0.29, 0.717) is 10.2 Å². The number of fused-ring (bicyclic) bond motifs is 1. The summed E-state index contributed by atoms with van der Waals surface area (Å²) in [4.78, 5) is 30.9. The number of nitrogens with one attached hydrogen (secondary N) is 1. The Morgan fingerprint density at radius 3 is 2.81 bits per heavy atom. The molecule has 0 aliphatic rings. The zero-order valence-corrected chi connectivity index (χ0v) is 15.7. The van der Waals surface area contributed by atoms with E-state index in [1.807, 2.05) is 53.2 Å². The summed E-state index contributed by atoms with van der Waals surface area (Å²) >= 11 is 2.93. The molecule has 6 nitrogen and oxygen atoms in total. The summed E-state index contributed by atoms with van der Waals surface area (Å²) in [6, 6.07) is 13.5. The summed E-state index contributed by atoms with van der Waals surface area (Å²) in [7, 11) is 0. The molecule has 3 aromatic heterocycles. The van der Waals surface area contributed by atoms with Crippen LogP contribution in [0.1, 0.15) is 4.88 Å². The van der Waals surface area contributed by atoms with Crippen LogP contribution in [0.25, 0.3) is 21.3 Å². The standard InChI is InChI=1S/C19H14N4O2S2/c24-16(22-21-9-14-7-4-8-26-14)10-23-12-20-18-17(19(23)25)15(11-27-18)13-5-2-1-3-6-13/h1-9,11-12H,10H2,(H,22,24)/b21-9-. The molecule has 4 rings (SSSR count). The van der Waals surface area contributed by atoms with Gasteiger partial charge in [0.25, 0.3) is 11.5 Å². The van der Waals surface area contributed by atoms with E-state index < -0.39 is 0 Å². The van der Waals surface area contributed by atoms with Crippen molar-refractivity contribution in [3.63, 3.8) is 0 Å². The Kier molecular flexibility index (Phi) is 4.91. The van der Waals surface area contributed by atoms with Gasteiger partial charge in [-0.2, -0.15) is 5.10 Å². The second-order valence-electron chi connectivity index (χ2n) is 5.68. The highest BCUT2D eigenvalue weighted by atomic mass is 32.1. The number of hydrogen-bond donors (Lipinski definition) is 1. The number of carbonyl (C=O) groups is 1. The van der Waals surface area contributed by atoms with Crippen LogP contribution in [0.5, 0.6) is 0 Å². The number of hydrogen-bond acceptors (Lipinski definition) is 6. The number of aromatic nitrogens is 2. The van der Waals surface area contributed by atoms with Gasteiger partial charge in [0, 0.05) is 15.8 Å². The van der Waals surface area contributed by atoms with Crippen LogP contribution in [0.15, 0.2) is 69.4 Å². The average molecular weight is 394 g/mol. The topological polar surface area (TPSA) is 76.3 Å². The first kappa shape index (κ1) is 17.3. The molecular formula is C19H14N4O2S2. The van der Waals surface area contributed by atoms with Gasteiger partial charge in [-0.3, -0.25) is 14.2 Å². The monoisotopic (exact) mass is 394 g/mol. The number of benzene rings is 1. The fraction of sp³-hybridized carbons (Fsp3) is 0.0526. The van der Waals surface area contributed by atoms with E-state index in [0.717, 1.165) is 16.0 Å². The maximum Gasteiger partial charge on any atom is 0.263 e. The summed E-state index contributed by atoms with van der Waals surface area (Å²) in [6.45, 7) is -0.145. The van der Waals surface area contributed by atoms with Gasteiger partial charge in [0.2, 0.25) is 0 Å². The van der Waals surface area contributed by atoms with Crippen LogP contribution >= 0.6 is 22.7 Å². The van der Waals surface area contributed by atoms with Crippen molar-refractivity contribution in [3.05, 3.63) is 74.8 Å². The molecule has 0 bridgehead atoms. The zero-order valence-electron chi connectivity index (χ0n) is 14.0. The lowest BCUT2D eigenvalue weighted by atomic mass is 10.1. The Morgan fingerprint density at radius 1 is 1.19 bits per heavy atom. The van der Waals surface area contributed by atoms with E-state index in [2.05, 4.69) is 15.5 Å². The molecule has 0 saturated heterocycles. The van der Waals surface area contributed by atoms with Crippen LogP contribution in [0, 0.1) is 0 Å². The largest absolute Gasteiger partial charge is 0.289 e. The molecule has 27 heavy (non-hydrogen) atoms. The summed E-state index contributed by atoms with van der Waals surface area (Å²) in [6.07, 6.45) is 2.97. The predicted molar refractivity (Wildman–Crippen MR) is 109 cm³/mol. The number of hydrazone groups is 1. The zero-order chi connectivity index (χ0) is 18.6. The second-order valence-corrected chi connectivity index (χ2v) is 7.52. The first-order chi connectivity index (χ1) is 13.2. The quantitative estimate of drug-likeness (QED) is 0.417. The van der Waals surface area contributed by atoms with Crippen LogP contribution in [0.2, 0.25) is 0 Å². The molecule has 8 heteroatoms. The Balaban J connectivity index is 1.58. The normalized spacial score (nSPS) is 11.3. The minimum absolute atomic E-state index is 0.145. The van der Waals surface area contributed by atoms with Gasteiger partial charge in [-0.25, -0.2) is 10.4 Å². The Morgan fingerprint density at radius 2 is 2.04 bits per heavy atom. The lowest BCUT2D eigenvalue weighted by molar-refractivity contribution is -0.121. The van der Waals surface area contributed by atoms with Crippen LogP contribution in [-0.4, -0.2) is 21.7 Å². The van der Waals surface area contributed by atoms with E-state index in [1.165, 1.54) is 33.6 Å². The molecule has 0 aliphatic heterocycles. The fourth-order valence-electron chi connectivity index (χ4n) is 2.63. The van der Waals surface area contributed by atoms with Crippen LogP contribution in [0.4, 0.5) is 0 Å². The van der Waals surface area contributed by atoms with E-state index in [4.69, 9.17) is 0 Å². The molecule has 0 spiro atoms. The number of nitrogens with zero attached hydrogens (tertiary/aromatic N) is 3. The van der Waals surface area contributed by atoms with Crippen LogP contribution in [0.3, 0.4) is 0 Å². The van der Waals surface area contributed by atoms with Gasteiger partial charge < -0.3 is 0 Å². The van der Waals surface area contributed by atoms with Crippen molar-refractivity contribution in [1.82, 2.24) is 15.0 Å². The summed E-state index contributed by atoms with van der Waals surface area (Å²) in [5, 5.41) is 8.29. The van der Waals surface area contributed by atoms with E-state index in [-0.39, 0.29) is 18.0 Å². The first-order valence-corrected chi connectivity index (χ1v) is 9.86. The molecule has 0 unspecified atom stereocenters. The molecule has 1 amide bonds. The Labute approximate surface area is 162 Å². The summed E-state index contributed by atoms with van der Waals surface area (Å²) in [5.41, 5.74) is 3.98. The molecule has 0 fully saturated rings. The summed E-state index contributed by atoms with van der Waals surface area (Å²) < 4.78 is 1.30. The molecule has 134 valence electrons. The SMILES string of the molecule is O=C(Cn1cnc2scc(-c3ccccc3)c2c1=O)N/N=C\c1cccs1. The fourth-order valence-corrected chi connectivity index (χ4v) is 4.12. The minimum Gasteiger partial charge on any atom is -0.289 e. The molecule has 1 aromatic carbocycles. The third-order valence-corrected chi connectivity index (χ3v) is 5.58. The van der Waals surface area contributed by atoms with Gasteiger partial charge in [-0.1, -0.05) is 36.4 Å². The molecule has 0 saturated carbocycles. The van der Waals surface area contributed by atoms with E-state index >= 15 is 0 Å². The molecule has 4 aromatic rings. The first-order valence-electron chi connectivity index (χ1n) is 8.10. The number of thiophene rings is 2. The van der Waals surface area contributed by atoms with Crippen molar-refractivity contribution in [2.24, 2.45) is 5.10 Å². The summed E-state index contributed by atoms with van der Waals surface area (Å²) in [5.74, 6) is -0.387. The number of carbonyl (C=O) groups excluding carboxylic acids is 1. The van der Waals surface area contributed by atoms with Gasteiger partial charge in [-0.15, -0.1) is 22.7 Å². The molecule has 1 N–H and O–H groups in total. The predicted octanol–water partition coefficient (Wildman–Crippen LogP) is 3.34. The molecule has 0 radical (unpaired) electrons. The highest BCUT2D eigenvalue weighted by Crippen LogP contribution is 2.30. The highest BCUT2D eigenvalue weighted by Gasteiger charge is 2.14. The van der Waals surface area contributed by atoms with Gasteiger partial charge in [-0.05, 0) is 17.0 Å². The van der Waals surface area contributed by atoms with Crippen molar-refractivity contribution in [3.8, 4) is 11.1 Å². The number of rotatable bonds is 5. The Bertz CT molecular complexity index is 1160. The minimum atomic E-state index is -0.387. The molecule has 0 atom stereocenters. The maximum atomic E-state index is 12.9. The van der Waals surface area contributed by atoms with E-state index in [1.54, 1.807) is 6.21 Å². The average Bonchev–Trinajstić information content (AvgIpc) is 3.35. The van der Waals surface area contributed by atoms with Gasteiger partial charge in [0.1, 0.15) is 11.4 Å². The van der Waals surface area contributed by atoms with Gasteiger partial charge >= 0.3 is 0 Å². The van der Waals surface area contributed by atoms with E-state index in [9.17, 15) is 9.59 Å². The van der Waals surface area contributed by atoms with Gasteiger partial charge in [0.05, 0.1) is 17.9 Å². The van der Waals surface area contributed by atoms with Crippen molar-refractivity contribution in [1.29, 1.82) is 0 Å². The Hall–Kier alpha value is -3.10. The molecule has 0 aliphatic carbocycles. The second kappa shape index (κ2) is 7.65. The lowest BCUT2D eigenvalue weighted by Crippen LogP contribution is -2.30. The van der Waals surface area contributed by atoms with Crippen molar-refractivity contribution < 1.29 is 4.79 Å². The van der Waals surface area contributed by atoms with Crippen molar-refractivity contribution in [2.75, 3.05) is 0 Å². The maximum absolute atomic E-state index is 12.9. The molecule has 3 heterocycles. The number of amides is 1. The van der Waals surface area contributed by atoms with Crippen molar-refractivity contribution >= 4 is 45.0 Å².